The number of aromatic nitrogens is 1. The number of fused-ring (bicyclic) bond motifs is 3. The summed E-state index contributed by atoms with van der Waals surface area (Å²) < 4.78 is 3.24. The Bertz CT molecular complexity index is 1200. The highest BCUT2D eigenvalue weighted by atomic mass is 79.9. The molecule has 0 bridgehead atoms. The Hall–Kier alpha value is -3.19. The number of aryl methyl sites for hydroxylation is 1. The highest BCUT2D eigenvalue weighted by Crippen LogP contribution is 2.34. The van der Waals surface area contributed by atoms with Crippen LogP contribution in [-0.4, -0.2) is 10.7 Å². The van der Waals surface area contributed by atoms with E-state index in [0.29, 0.717) is 5.56 Å². The monoisotopic (exact) mass is 418 g/mol. The smallest absolute Gasteiger partial charge is 0.336 e. The van der Waals surface area contributed by atoms with Gasteiger partial charge >= 0.3 is 6.15 Å². The highest BCUT2D eigenvalue weighted by molar-refractivity contribution is 9.10. The van der Waals surface area contributed by atoms with Crippen molar-refractivity contribution in [2.45, 2.75) is 13.5 Å². The molecule has 0 saturated carbocycles. The Morgan fingerprint density at radius 1 is 1.00 bits per heavy atom. The van der Waals surface area contributed by atoms with Gasteiger partial charge < -0.3 is 4.57 Å². The van der Waals surface area contributed by atoms with E-state index in [0.717, 1.165) is 27.3 Å². The maximum atomic E-state index is 9.59. The highest BCUT2D eigenvalue weighted by Gasteiger charge is 2.15. The summed E-state index contributed by atoms with van der Waals surface area (Å²) in [5.41, 5.74) is 5.43. The first-order chi connectivity index (χ1) is 13.1. The van der Waals surface area contributed by atoms with E-state index in [1.165, 1.54) is 16.6 Å². The van der Waals surface area contributed by atoms with Crippen LogP contribution in [0.4, 0.5) is 0 Å². The van der Waals surface area contributed by atoms with Crippen molar-refractivity contribution in [3.63, 3.8) is 0 Å². The zero-order valence-electron chi connectivity index (χ0n) is 14.6. The lowest BCUT2D eigenvalue weighted by Gasteiger charge is -2.08. The summed E-state index contributed by atoms with van der Waals surface area (Å²) in [7, 11) is 0. The Balaban J connectivity index is 0.000000659. The Morgan fingerprint density at radius 3 is 2.37 bits per heavy atom. The van der Waals surface area contributed by atoms with E-state index in [1.54, 1.807) is 0 Å². The summed E-state index contributed by atoms with van der Waals surface area (Å²) in [4.78, 5) is 16.2. The predicted octanol–water partition coefficient (Wildman–Crippen LogP) is 5.20. The molecule has 0 aliphatic carbocycles. The van der Waals surface area contributed by atoms with Gasteiger partial charge in [-0.2, -0.15) is 14.9 Å². The molecule has 0 radical (unpaired) electrons. The van der Waals surface area contributed by atoms with Crippen molar-refractivity contribution in [1.82, 2.24) is 4.57 Å². The van der Waals surface area contributed by atoms with E-state index in [1.807, 2.05) is 12.1 Å². The molecule has 0 atom stereocenters. The number of carbonyl (C=O) groups excluding carboxylic acids is 2. The molecule has 0 spiro atoms. The van der Waals surface area contributed by atoms with E-state index >= 15 is 0 Å². The number of hydrogen-bond donors (Lipinski definition) is 0. The first-order valence-electron chi connectivity index (χ1n) is 8.24. The molecule has 0 N–H and O–H groups in total. The van der Waals surface area contributed by atoms with Gasteiger partial charge in [0, 0.05) is 27.3 Å². The average molecular weight is 419 g/mol. The second-order valence-electron chi connectivity index (χ2n) is 6.13. The minimum atomic E-state index is 0.250. The normalized spacial score (nSPS) is 10.1. The fourth-order valence-corrected chi connectivity index (χ4v) is 3.76. The fourth-order valence-electron chi connectivity index (χ4n) is 3.32. The van der Waals surface area contributed by atoms with E-state index < -0.39 is 0 Å². The predicted molar refractivity (Wildman–Crippen MR) is 107 cm³/mol. The lowest BCUT2D eigenvalue weighted by Crippen LogP contribution is -1.99. The van der Waals surface area contributed by atoms with Gasteiger partial charge in [0.25, 0.3) is 0 Å². The van der Waals surface area contributed by atoms with Crippen LogP contribution in [0.2, 0.25) is 0 Å². The second-order valence-corrected chi connectivity index (χ2v) is 7.05. The van der Waals surface area contributed by atoms with Gasteiger partial charge in [0.1, 0.15) is 0 Å². The Kier molecular flexibility index (Phi) is 5.52. The molecular formula is C22H15BrN2O2. The quantitative estimate of drug-likeness (QED) is 0.449. The van der Waals surface area contributed by atoms with Gasteiger partial charge in [-0.25, -0.2) is 0 Å². The van der Waals surface area contributed by atoms with Crippen molar-refractivity contribution in [2.75, 3.05) is 0 Å². The zero-order chi connectivity index (χ0) is 19.4. The largest absolute Gasteiger partial charge is 0.373 e. The number of nitrogens with zero attached hydrogens (tertiary/aromatic N) is 2. The van der Waals surface area contributed by atoms with E-state index in [-0.39, 0.29) is 6.15 Å². The fraction of sp³-hybridized carbons (Fsp3) is 0.0909. The van der Waals surface area contributed by atoms with Crippen LogP contribution in [0.5, 0.6) is 0 Å². The summed E-state index contributed by atoms with van der Waals surface area (Å²) >= 11 is 3.55. The summed E-state index contributed by atoms with van der Waals surface area (Å²) in [6.07, 6.45) is 0.250. The standard InChI is InChI=1S/C21H15BrN2.CO2/c1-14-7-8-18-19(9-14)24(13-15-5-3-2-4-6-15)20-11-17(22)10-16(12-23)21(18)20;2-1-3/h2-11H,13H2,1H3;. The van der Waals surface area contributed by atoms with Crippen LogP contribution in [0.25, 0.3) is 21.8 Å². The molecule has 0 aliphatic rings. The molecule has 132 valence electrons. The van der Waals surface area contributed by atoms with Crippen molar-refractivity contribution >= 4 is 43.9 Å². The molecular weight excluding hydrogens is 404 g/mol. The van der Waals surface area contributed by atoms with Crippen LogP contribution >= 0.6 is 15.9 Å². The van der Waals surface area contributed by atoms with E-state index in [2.05, 4.69) is 82.0 Å². The second kappa shape index (κ2) is 8.01. The van der Waals surface area contributed by atoms with Crippen molar-refractivity contribution in [3.8, 4) is 6.07 Å². The first-order valence-corrected chi connectivity index (χ1v) is 9.03. The minimum absolute atomic E-state index is 0.250. The van der Waals surface area contributed by atoms with E-state index in [4.69, 9.17) is 9.59 Å². The van der Waals surface area contributed by atoms with Gasteiger partial charge in [-0.15, -0.1) is 0 Å². The van der Waals surface area contributed by atoms with Gasteiger partial charge in [0.05, 0.1) is 17.1 Å². The molecule has 0 unspecified atom stereocenters. The molecule has 3 aromatic carbocycles. The molecule has 4 rings (SSSR count). The number of halogens is 1. The summed E-state index contributed by atoms with van der Waals surface area (Å²) in [6.45, 7) is 2.89. The summed E-state index contributed by atoms with van der Waals surface area (Å²) in [6, 6.07) is 23.2. The van der Waals surface area contributed by atoms with Gasteiger partial charge in [0.2, 0.25) is 0 Å². The Labute approximate surface area is 164 Å². The van der Waals surface area contributed by atoms with Crippen molar-refractivity contribution in [3.05, 3.63) is 81.8 Å². The first kappa shape index (κ1) is 18.6. The molecule has 27 heavy (non-hydrogen) atoms. The lowest BCUT2D eigenvalue weighted by molar-refractivity contribution is -0.191. The zero-order valence-corrected chi connectivity index (χ0v) is 16.2. The van der Waals surface area contributed by atoms with E-state index in [9.17, 15) is 5.26 Å². The molecule has 0 aliphatic heterocycles. The molecule has 0 saturated heterocycles. The van der Waals surface area contributed by atoms with Crippen molar-refractivity contribution in [1.29, 1.82) is 5.26 Å². The maximum Gasteiger partial charge on any atom is 0.373 e. The molecule has 0 amide bonds. The van der Waals surface area contributed by atoms with Crippen molar-refractivity contribution in [2.24, 2.45) is 0 Å². The van der Waals surface area contributed by atoms with Gasteiger partial charge in [-0.1, -0.05) is 58.4 Å². The molecule has 5 heteroatoms. The van der Waals surface area contributed by atoms with Gasteiger partial charge in [-0.05, 0) is 36.2 Å². The SMILES string of the molecule is Cc1ccc2c3c(C#N)cc(Br)cc3n(Cc3ccccc3)c2c1.O=C=O. The third-order valence-corrected chi connectivity index (χ3v) is 4.85. The minimum Gasteiger partial charge on any atom is -0.336 e. The average Bonchev–Trinajstić information content (AvgIpc) is 2.95. The maximum absolute atomic E-state index is 9.59. The number of rotatable bonds is 2. The molecule has 1 heterocycles. The third kappa shape index (κ3) is 3.68. The van der Waals surface area contributed by atoms with Crippen molar-refractivity contribution < 1.29 is 9.59 Å². The van der Waals surface area contributed by atoms with Crippen LogP contribution in [-0.2, 0) is 16.1 Å². The number of hydrogen-bond acceptors (Lipinski definition) is 3. The number of benzene rings is 3. The van der Waals surface area contributed by atoms with Crippen LogP contribution in [0.3, 0.4) is 0 Å². The van der Waals surface area contributed by atoms with Crippen LogP contribution in [0.15, 0.2) is 65.1 Å². The van der Waals surface area contributed by atoms with Crippen LogP contribution < -0.4 is 0 Å². The topological polar surface area (TPSA) is 62.9 Å². The lowest BCUT2D eigenvalue weighted by atomic mass is 10.1. The molecule has 1 aromatic heterocycles. The Morgan fingerprint density at radius 2 is 1.70 bits per heavy atom. The summed E-state index contributed by atoms with van der Waals surface area (Å²) in [5, 5.41) is 11.8. The molecule has 4 aromatic rings. The van der Waals surface area contributed by atoms with Crippen LogP contribution in [0.1, 0.15) is 16.7 Å². The van der Waals surface area contributed by atoms with Crippen LogP contribution in [0, 0.1) is 18.3 Å². The number of nitriles is 1. The summed E-state index contributed by atoms with van der Waals surface area (Å²) in [5.74, 6) is 0. The van der Waals surface area contributed by atoms with Gasteiger partial charge in [-0.3, -0.25) is 0 Å². The molecule has 4 nitrogen and oxygen atoms in total. The molecule has 0 fully saturated rings. The third-order valence-electron chi connectivity index (χ3n) is 4.39. The van der Waals surface area contributed by atoms with Gasteiger partial charge in [0.15, 0.2) is 0 Å².